The van der Waals surface area contributed by atoms with Crippen LogP contribution in [0.3, 0.4) is 0 Å². The lowest BCUT2D eigenvalue weighted by Crippen LogP contribution is -2.28. The number of nitrogen functional groups attached to an aromatic ring is 1. The summed E-state index contributed by atoms with van der Waals surface area (Å²) in [6.07, 6.45) is 1.37. The Bertz CT molecular complexity index is 499. The number of aromatic amines is 1. The summed E-state index contributed by atoms with van der Waals surface area (Å²) in [7, 11) is 1.33. The summed E-state index contributed by atoms with van der Waals surface area (Å²) in [5.41, 5.74) is 5.59. The van der Waals surface area contributed by atoms with Gasteiger partial charge in [-0.05, 0) is 0 Å². The molecule has 0 aromatic carbocycles. The SMILES string of the molecule is COn1c(N)nc2nc[nH]c2c1=O. The van der Waals surface area contributed by atoms with Crippen molar-refractivity contribution in [3.8, 4) is 0 Å². The standard InChI is InChI=1S/C6H7N5O2/c1-13-11-5(12)3-4(9-2-8-3)10-6(11)7/h2H,1H3,(H2,7,10)(H,8,9). The third kappa shape index (κ3) is 0.934. The molecule has 0 atom stereocenters. The molecule has 7 nitrogen and oxygen atoms in total. The smallest absolute Gasteiger partial charge is 0.314 e. The molecule has 7 heteroatoms. The van der Waals surface area contributed by atoms with Gasteiger partial charge >= 0.3 is 5.56 Å². The maximum atomic E-state index is 11.5. The molecule has 2 aromatic heterocycles. The van der Waals surface area contributed by atoms with Gasteiger partial charge < -0.3 is 15.6 Å². The van der Waals surface area contributed by atoms with E-state index in [-0.39, 0.29) is 17.1 Å². The van der Waals surface area contributed by atoms with E-state index in [1.54, 1.807) is 0 Å². The fraction of sp³-hybridized carbons (Fsp3) is 0.167. The van der Waals surface area contributed by atoms with Gasteiger partial charge in [-0.3, -0.25) is 4.79 Å². The van der Waals surface area contributed by atoms with Crippen LogP contribution in [0.5, 0.6) is 0 Å². The fourth-order valence-electron chi connectivity index (χ4n) is 1.07. The normalized spacial score (nSPS) is 10.5. The van der Waals surface area contributed by atoms with Crippen LogP contribution in [-0.4, -0.2) is 26.8 Å². The Morgan fingerprint density at radius 1 is 1.69 bits per heavy atom. The van der Waals surface area contributed by atoms with Gasteiger partial charge in [-0.1, -0.05) is 0 Å². The van der Waals surface area contributed by atoms with Gasteiger partial charge in [-0.15, -0.1) is 4.73 Å². The number of H-pyrrole nitrogens is 1. The second-order valence-electron chi connectivity index (χ2n) is 2.35. The number of imidazole rings is 1. The summed E-state index contributed by atoms with van der Waals surface area (Å²) < 4.78 is 0.889. The Hall–Kier alpha value is -2.05. The van der Waals surface area contributed by atoms with Crippen LogP contribution in [0.2, 0.25) is 0 Å². The topological polar surface area (TPSA) is 98.8 Å². The number of anilines is 1. The van der Waals surface area contributed by atoms with Crippen LogP contribution in [0.15, 0.2) is 11.1 Å². The van der Waals surface area contributed by atoms with Crippen molar-refractivity contribution in [2.24, 2.45) is 0 Å². The van der Waals surface area contributed by atoms with Crippen molar-refractivity contribution in [1.82, 2.24) is 19.7 Å². The number of fused-ring (bicyclic) bond motifs is 1. The molecule has 0 aliphatic rings. The first-order chi connectivity index (χ1) is 6.24. The molecule has 2 aromatic rings. The molecule has 0 aliphatic carbocycles. The first kappa shape index (κ1) is 7.59. The maximum absolute atomic E-state index is 11.5. The Balaban J connectivity index is 2.93. The largest absolute Gasteiger partial charge is 0.411 e. The highest BCUT2D eigenvalue weighted by molar-refractivity contribution is 5.69. The highest BCUT2D eigenvalue weighted by Gasteiger charge is 2.09. The molecule has 0 radical (unpaired) electrons. The summed E-state index contributed by atoms with van der Waals surface area (Å²) in [5.74, 6) is -0.0212. The number of hydrogen-bond donors (Lipinski definition) is 2. The maximum Gasteiger partial charge on any atom is 0.314 e. The van der Waals surface area contributed by atoms with E-state index in [0.717, 1.165) is 4.73 Å². The minimum Gasteiger partial charge on any atom is -0.411 e. The molecule has 0 saturated heterocycles. The molecule has 13 heavy (non-hydrogen) atoms. The molecule has 0 fully saturated rings. The molecule has 2 rings (SSSR count). The highest BCUT2D eigenvalue weighted by atomic mass is 16.7. The molecule has 0 bridgehead atoms. The van der Waals surface area contributed by atoms with E-state index in [1.807, 2.05) is 0 Å². The van der Waals surface area contributed by atoms with Crippen molar-refractivity contribution < 1.29 is 4.84 Å². The van der Waals surface area contributed by atoms with Crippen LogP contribution in [0.1, 0.15) is 0 Å². The lowest BCUT2D eigenvalue weighted by molar-refractivity contribution is 0.162. The van der Waals surface area contributed by atoms with Gasteiger partial charge in [-0.25, -0.2) is 4.98 Å². The zero-order chi connectivity index (χ0) is 9.42. The van der Waals surface area contributed by atoms with Crippen LogP contribution >= 0.6 is 0 Å². The number of hydrogen-bond acceptors (Lipinski definition) is 5. The van der Waals surface area contributed by atoms with Crippen LogP contribution in [-0.2, 0) is 0 Å². The quantitative estimate of drug-likeness (QED) is 0.573. The third-order valence-electron chi connectivity index (χ3n) is 1.63. The van der Waals surface area contributed by atoms with Crippen molar-refractivity contribution in [3.63, 3.8) is 0 Å². The molecule has 0 unspecified atom stereocenters. The Morgan fingerprint density at radius 3 is 3.15 bits per heavy atom. The van der Waals surface area contributed by atoms with Gasteiger partial charge in [0.25, 0.3) is 0 Å². The molecular formula is C6H7N5O2. The molecule has 0 aliphatic heterocycles. The number of rotatable bonds is 1. The van der Waals surface area contributed by atoms with Gasteiger partial charge in [0.1, 0.15) is 7.11 Å². The average molecular weight is 181 g/mol. The van der Waals surface area contributed by atoms with Crippen LogP contribution in [0, 0.1) is 0 Å². The summed E-state index contributed by atoms with van der Waals surface area (Å²) in [4.78, 5) is 26.5. The summed E-state index contributed by atoms with van der Waals surface area (Å²) in [6.45, 7) is 0. The second kappa shape index (κ2) is 2.47. The van der Waals surface area contributed by atoms with Gasteiger partial charge in [0.15, 0.2) is 11.2 Å². The summed E-state index contributed by atoms with van der Waals surface area (Å²) in [5, 5.41) is 0. The second-order valence-corrected chi connectivity index (χ2v) is 2.35. The monoisotopic (exact) mass is 181 g/mol. The van der Waals surface area contributed by atoms with Crippen molar-refractivity contribution in [2.45, 2.75) is 0 Å². The van der Waals surface area contributed by atoms with E-state index in [4.69, 9.17) is 10.6 Å². The Morgan fingerprint density at radius 2 is 2.46 bits per heavy atom. The van der Waals surface area contributed by atoms with Gasteiger partial charge in [0, 0.05) is 0 Å². The molecule has 68 valence electrons. The first-order valence-electron chi connectivity index (χ1n) is 3.50. The van der Waals surface area contributed by atoms with Gasteiger partial charge in [0.2, 0.25) is 5.95 Å². The third-order valence-corrected chi connectivity index (χ3v) is 1.63. The zero-order valence-corrected chi connectivity index (χ0v) is 6.81. The van der Waals surface area contributed by atoms with E-state index in [9.17, 15) is 4.79 Å². The zero-order valence-electron chi connectivity index (χ0n) is 6.81. The number of nitrogens with two attached hydrogens (primary N) is 1. The average Bonchev–Trinajstić information content (AvgIpc) is 2.53. The van der Waals surface area contributed by atoms with E-state index in [1.165, 1.54) is 13.4 Å². The van der Waals surface area contributed by atoms with Crippen molar-refractivity contribution >= 4 is 17.1 Å². The number of nitrogens with one attached hydrogen (secondary N) is 1. The van der Waals surface area contributed by atoms with E-state index in [0.29, 0.717) is 0 Å². The summed E-state index contributed by atoms with van der Waals surface area (Å²) in [6, 6.07) is 0. The predicted molar refractivity (Wildman–Crippen MR) is 45.1 cm³/mol. The van der Waals surface area contributed by atoms with Crippen LogP contribution in [0.25, 0.3) is 11.2 Å². The highest BCUT2D eigenvalue weighted by Crippen LogP contribution is 2.01. The predicted octanol–water partition coefficient (Wildman–Crippen LogP) is -1.24. The number of aromatic nitrogens is 4. The molecule has 0 spiro atoms. The van der Waals surface area contributed by atoms with E-state index in [2.05, 4.69) is 15.0 Å². The van der Waals surface area contributed by atoms with Crippen molar-refractivity contribution in [2.75, 3.05) is 12.8 Å². The molecule has 2 heterocycles. The van der Waals surface area contributed by atoms with Crippen molar-refractivity contribution in [1.29, 1.82) is 0 Å². The fourth-order valence-corrected chi connectivity index (χ4v) is 1.07. The Labute approximate surface area is 72.1 Å². The van der Waals surface area contributed by atoms with E-state index >= 15 is 0 Å². The van der Waals surface area contributed by atoms with Gasteiger partial charge in [-0.2, -0.15) is 4.98 Å². The Kier molecular flexibility index (Phi) is 1.44. The lowest BCUT2D eigenvalue weighted by Gasteiger charge is -2.04. The summed E-state index contributed by atoms with van der Waals surface area (Å²) >= 11 is 0. The molecular weight excluding hydrogens is 174 g/mol. The minimum atomic E-state index is -0.400. The number of nitrogens with zero attached hydrogens (tertiary/aromatic N) is 3. The minimum absolute atomic E-state index is 0.0212. The van der Waals surface area contributed by atoms with Crippen LogP contribution in [0.4, 0.5) is 5.95 Å². The molecule has 3 N–H and O–H groups in total. The lowest BCUT2D eigenvalue weighted by atomic mass is 10.5. The van der Waals surface area contributed by atoms with Gasteiger partial charge in [0.05, 0.1) is 6.33 Å². The van der Waals surface area contributed by atoms with Crippen LogP contribution < -0.4 is 16.1 Å². The molecule has 0 saturated carbocycles. The molecule has 0 amide bonds. The van der Waals surface area contributed by atoms with Crippen molar-refractivity contribution in [3.05, 3.63) is 16.7 Å². The first-order valence-corrected chi connectivity index (χ1v) is 3.50. The van der Waals surface area contributed by atoms with E-state index < -0.39 is 5.56 Å².